The normalized spacial score (nSPS) is 20.8. The molecule has 162 valence electrons. The number of carbonyl (C=O) groups is 1. The number of ether oxygens (including phenoxy) is 2. The van der Waals surface area contributed by atoms with Crippen LogP contribution in [0.4, 0.5) is 0 Å². The summed E-state index contributed by atoms with van der Waals surface area (Å²) in [6.07, 6.45) is 1.03. The summed E-state index contributed by atoms with van der Waals surface area (Å²) in [5.41, 5.74) is 5.84. The van der Waals surface area contributed by atoms with Gasteiger partial charge in [-0.15, -0.1) is 0 Å². The monoisotopic (exact) mass is 413 g/mol. The average molecular weight is 414 g/mol. The number of benzene rings is 1. The SMILES string of the molecule is COCCn1c(C)cc(C(=O)C[NH+]2CC[NH+](Cc3ccc4c(c3)CCO4)CC2)c1C. The van der Waals surface area contributed by atoms with Crippen molar-refractivity contribution in [2.75, 3.05) is 53.0 Å². The number of nitrogens with one attached hydrogen (secondary N) is 2. The first-order chi connectivity index (χ1) is 14.5. The molecule has 6 heteroatoms. The molecule has 2 aliphatic heterocycles. The van der Waals surface area contributed by atoms with Gasteiger partial charge in [0.25, 0.3) is 0 Å². The number of aryl methyl sites for hydroxylation is 1. The van der Waals surface area contributed by atoms with Crippen molar-refractivity contribution in [1.82, 2.24) is 4.57 Å². The molecule has 4 rings (SSSR count). The van der Waals surface area contributed by atoms with Gasteiger partial charge < -0.3 is 23.8 Å². The van der Waals surface area contributed by atoms with Crippen LogP contribution >= 0.6 is 0 Å². The van der Waals surface area contributed by atoms with Gasteiger partial charge in [-0.05, 0) is 43.7 Å². The maximum atomic E-state index is 13.0. The minimum absolute atomic E-state index is 0.267. The third-order valence-electron chi connectivity index (χ3n) is 6.68. The molecule has 2 N–H and O–H groups in total. The van der Waals surface area contributed by atoms with Crippen LogP contribution in [0.1, 0.15) is 32.9 Å². The number of Topliss-reactive ketones (excluding diaryl/α,β-unsaturated/α-hetero) is 1. The van der Waals surface area contributed by atoms with Gasteiger partial charge in [-0.2, -0.15) is 0 Å². The number of fused-ring (bicyclic) bond motifs is 1. The number of nitrogens with zero attached hydrogens (tertiary/aromatic N) is 1. The zero-order chi connectivity index (χ0) is 21.1. The first-order valence-corrected chi connectivity index (χ1v) is 11.2. The summed E-state index contributed by atoms with van der Waals surface area (Å²) in [6.45, 7) is 12.4. The molecule has 3 heterocycles. The van der Waals surface area contributed by atoms with Crippen molar-refractivity contribution in [1.29, 1.82) is 0 Å². The fourth-order valence-corrected chi connectivity index (χ4v) is 4.88. The molecule has 1 saturated heterocycles. The lowest BCUT2D eigenvalue weighted by Gasteiger charge is -2.29. The van der Waals surface area contributed by atoms with E-state index in [-0.39, 0.29) is 5.78 Å². The van der Waals surface area contributed by atoms with Gasteiger partial charge in [-0.1, -0.05) is 0 Å². The van der Waals surface area contributed by atoms with E-state index in [4.69, 9.17) is 9.47 Å². The van der Waals surface area contributed by atoms with Crippen molar-refractivity contribution in [3.05, 3.63) is 52.3 Å². The molecule has 0 unspecified atom stereocenters. The van der Waals surface area contributed by atoms with E-state index in [1.165, 1.54) is 16.0 Å². The summed E-state index contributed by atoms with van der Waals surface area (Å²) in [4.78, 5) is 16.0. The van der Waals surface area contributed by atoms with E-state index in [1.54, 1.807) is 12.0 Å². The number of piperazine rings is 1. The number of aromatic nitrogens is 1. The molecule has 30 heavy (non-hydrogen) atoms. The van der Waals surface area contributed by atoms with Crippen LogP contribution in [0, 0.1) is 13.8 Å². The fraction of sp³-hybridized carbons (Fsp3) is 0.542. The second-order valence-electron chi connectivity index (χ2n) is 8.75. The van der Waals surface area contributed by atoms with Crippen molar-refractivity contribution >= 4 is 5.78 Å². The molecular formula is C24H35N3O3+2. The summed E-state index contributed by atoms with van der Waals surface area (Å²) in [5, 5.41) is 0. The van der Waals surface area contributed by atoms with Gasteiger partial charge in [0.05, 0.1) is 13.2 Å². The highest BCUT2D eigenvalue weighted by molar-refractivity contribution is 5.98. The van der Waals surface area contributed by atoms with E-state index < -0.39 is 0 Å². The van der Waals surface area contributed by atoms with Crippen LogP contribution < -0.4 is 14.5 Å². The highest BCUT2D eigenvalue weighted by Gasteiger charge is 2.27. The molecule has 2 aromatic rings. The lowest BCUT2D eigenvalue weighted by atomic mass is 10.1. The Hall–Kier alpha value is -2.15. The van der Waals surface area contributed by atoms with Crippen LogP contribution in [0.5, 0.6) is 5.75 Å². The van der Waals surface area contributed by atoms with Crippen LogP contribution in [0.15, 0.2) is 24.3 Å². The number of ketones is 1. The lowest BCUT2D eigenvalue weighted by Crippen LogP contribution is -3.27. The Morgan fingerprint density at radius 3 is 2.67 bits per heavy atom. The highest BCUT2D eigenvalue weighted by Crippen LogP contribution is 2.25. The minimum atomic E-state index is 0.267. The number of quaternary nitrogens is 2. The molecule has 0 spiro atoms. The Labute approximate surface area is 179 Å². The largest absolute Gasteiger partial charge is 0.493 e. The van der Waals surface area contributed by atoms with Crippen molar-refractivity contribution in [2.45, 2.75) is 33.4 Å². The number of methoxy groups -OCH3 is 1. The topological polar surface area (TPSA) is 49.3 Å². The van der Waals surface area contributed by atoms with Gasteiger partial charge in [0.15, 0.2) is 0 Å². The van der Waals surface area contributed by atoms with E-state index in [0.717, 1.165) is 75.0 Å². The quantitative estimate of drug-likeness (QED) is 0.592. The average Bonchev–Trinajstić information content (AvgIpc) is 3.32. The zero-order valence-corrected chi connectivity index (χ0v) is 18.6. The molecule has 0 aliphatic carbocycles. The smallest absolute Gasteiger partial charge is 0.218 e. The summed E-state index contributed by atoms with van der Waals surface area (Å²) in [5.74, 6) is 1.33. The van der Waals surface area contributed by atoms with E-state index >= 15 is 0 Å². The number of hydrogen-bond donors (Lipinski definition) is 2. The van der Waals surface area contributed by atoms with Crippen LogP contribution in [0.2, 0.25) is 0 Å². The van der Waals surface area contributed by atoms with Gasteiger partial charge in [-0.25, -0.2) is 0 Å². The first kappa shape index (κ1) is 21.1. The van der Waals surface area contributed by atoms with Crippen LogP contribution in [0.3, 0.4) is 0 Å². The highest BCUT2D eigenvalue weighted by atomic mass is 16.5. The van der Waals surface area contributed by atoms with Gasteiger partial charge >= 0.3 is 0 Å². The van der Waals surface area contributed by atoms with E-state index in [1.807, 2.05) is 6.07 Å². The second-order valence-corrected chi connectivity index (χ2v) is 8.75. The minimum Gasteiger partial charge on any atom is -0.493 e. The first-order valence-electron chi connectivity index (χ1n) is 11.2. The maximum Gasteiger partial charge on any atom is 0.218 e. The second kappa shape index (κ2) is 9.33. The Morgan fingerprint density at radius 2 is 1.90 bits per heavy atom. The van der Waals surface area contributed by atoms with Crippen molar-refractivity contribution in [3.8, 4) is 5.75 Å². The predicted octanol–water partition coefficient (Wildman–Crippen LogP) is -0.147. The van der Waals surface area contributed by atoms with Crippen LogP contribution in [-0.4, -0.2) is 63.4 Å². The molecular weight excluding hydrogens is 378 g/mol. The number of rotatable bonds is 8. The standard InChI is InChI=1S/C24H33N3O3/c1-18-14-22(19(2)27(18)11-13-29-3)23(28)17-26-9-7-25(8-10-26)16-20-4-5-24-21(15-20)6-12-30-24/h4-5,14-15H,6-13,16-17H2,1-3H3/p+2. The summed E-state index contributed by atoms with van der Waals surface area (Å²) < 4.78 is 13.0. The summed E-state index contributed by atoms with van der Waals surface area (Å²) in [6, 6.07) is 8.70. The number of carbonyl (C=O) groups excluding carboxylic acids is 1. The van der Waals surface area contributed by atoms with Crippen LogP contribution in [-0.2, 0) is 24.2 Å². The van der Waals surface area contributed by atoms with Crippen molar-refractivity contribution < 1.29 is 24.1 Å². The molecule has 0 amide bonds. The zero-order valence-electron chi connectivity index (χ0n) is 18.6. The Bertz CT molecular complexity index is 897. The lowest BCUT2D eigenvalue weighted by molar-refractivity contribution is -1.01. The van der Waals surface area contributed by atoms with Gasteiger partial charge in [-0.3, -0.25) is 4.79 Å². The summed E-state index contributed by atoms with van der Waals surface area (Å²) in [7, 11) is 1.71. The molecule has 2 aliphatic rings. The third kappa shape index (κ3) is 4.61. The molecule has 0 radical (unpaired) electrons. The molecule has 0 bridgehead atoms. The van der Waals surface area contributed by atoms with Gasteiger partial charge in [0.2, 0.25) is 5.78 Å². The molecule has 1 aromatic carbocycles. The third-order valence-corrected chi connectivity index (χ3v) is 6.68. The molecule has 0 atom stereocenters. The van der Waals surface area contributed by atoms with Crippen molar-refractivity contribution in [3.63, 3.8) is 0 Å². The Kier molecular flexibility index (Phi) is 6.56. The van der Waals surface area contributed by atoms with Crippen LogP contribution in [0.25, 0.3) is 0 Å². The Balaban J connectivity index is 1.29. The fourth-order valence-electron chi connectivity index (χ4n) is 4.88. The van der Waals surface area contributed by atoms with E-state index in [2.05, 4.69) is 36.6 Å². The van der Waals surface area contributed by atoms with Gasteiger partial charge in [0.1, 0.15) is 45.0 Å². The Morgan fingerprint density at radius 1 is 1.13 bits per heavy atom. The van der Waals surface area contributed by atoms with Crippen molar-refractivity contribution in [2.24, 2.45) is 0 Å². The number of hydrogen-bond acceptors (Lipinski definition) is 3. The maximum absolute atomic E-state index is 13.0. The van der Waals surface area contributed by atoms with E-state index in [9.17, 15) is 4.79 Å². The predicted molar refractivity (Wildman–Crippen MR) is 116 cm³/mol. The summed E-state index contributed by atoms with van der Waals surface area (Å²) >= 11 is 0. The molecule has 1 aromatic heterocycles. The van der Waals surface area contributed by atoms with E-state index in [0.29, 0.717) is 13.2 Å². The molecule has 1 fully saturated rings. The van der Waals surface area contributed by atoms with Gasteiger partial charge in [0, 0.05) is 42.6 Å². The molecule has 0 saturated carbocycles. The molecule has 6 nitrogen and oxygen atoms in total.